The predicted octanol–water partition coefficient (Wildman–Crippen LogP) is 2.01. The van der Waals surface area contributed by atoms with Crippen LogP contribution in [-0.2, 0) is 18.8 Å². The maximum absolute atomic E-state index is 15.0. The molecule has 28 heavy (non-hydrogen) atoms. The fraction of sp³-hybridized carbons (Fsp3) is 0.684. The van der Waals surface area contributed by atoms with Gasteiger partial charge in [0.2, 0.25) is 7.44 Å². The van der Waals surface area contributed by atoms with E-state index in [1.165, 1.54) is 12.1 Å². The van der Waals surface area contributed by atoms with E-state index < -0.39 is 7.44 Å². The summed E-state index contributed by atoms with van der Waals surface area (Å²) in [5.41, 5.74) is 0.893. The Balaban J connectivity index is 1.76. The summed E-state index contributed by atoms with van der Waals surface area (Å²) >= 11 is 0. The van der Waals surface area contributed by atoms with Gasteiger partial charge in [0, 0.05) is 39.3 Å². The maximum Gasteiger partial charge on any atom is 0.237 e. The molecule has 3 fully saturated rings. The molecule has 4 rings (SSSR count). The molecule has 0 aromatic heterocycles. The average Bonchev–Trinajstić information content (AvgIpc) is 2.77. The minimum Gasteiger partial charge on any atom is -0.379 e. The summed E-state index contributed by atoms with van der Waals surface area (Å²) in [6.45, 7) is 7.50. The molecule has 0 radical (unpaired) electrons. The summed E-state index contributed by atoms with van der Waals surface area (Å²) in [5.74, 6) is -0.606. The summed E-state index contributed by atoms with van der Waals surface area (Å²) in [6, 6.07) is 6.49. The number of morpholine rings is 3. The molecule has 0 unspecified atom stereocenters. The first-order valence-electron chi connectivity index (χ1n) is 10.0. The van der Waals surface area contributed by atoms with Crippen molar-refractivity contribution in [2.24, 2.45) is 0 Å². The van der Waals surface area contributed by atoms with Crippen molar-refractivity contribution in [2.45, 2.75) is 5.78 Å². The summed E-state index contributed by atoms with van der Waals surface area (Å²) in [6.07, 6.45) is 0. The Labute approximate surface area is 165 Å². The van der Waals surface area contributed by atoms with E-state index >= 15 is 0 Å². The van der Waals surface area contributed by atoms with Crippen LogP contribution in [-0.4, -0.2) is 93.2 Å². The molecule has 3 aliphatic heterocycles. The zero-order chi connectivity index (χ0) is 19.4. The lowest BCUT2D eigenvalue weighted by Gasteiger charge is -2.49. The van der Waals surface area contributed by atoms with E-state index in [1.807, 2.05) is 0 Å². The van der Waals surface area contributed by atoms with Crippen LogP contribution in [0.3, 0.4) is 0 Å². The predicted molar refractivity (Wildman–Crippen MR) is 104 cm³/mol. The van der Waals surface area contributed by atoms with Crippen LogP contribution in [0.2, 0.25) is 0 Å². The minimum atomic E-state index is -3.03. The second-order valence-corrected chi connectivity index (χ2v) is 10.1. The molecule has 0 saturated carbocycles. The summed E-state index contributed by atoms with van der Waals surface area (Å²) in [7, 11) is -3.03. The Bertz CT molecular complexity index is 652. The number of halogens is 1. The largest absolute Gasteiger partial charge is 0.379 e. The molecule has 1 atom stereocenters. The minimum absolute atomic E-state index is 0.281. The number of nitrogens with zero attached hydrogens (tertiary/aromatic N) is 3. The van der Waals surface area contributed by atoms with Crippen LogP contribution in [0, 0.1) is 5.82 Å². The Kier molecular flexibility index (Phi) is 6.78. The van der Waals surface area contributed by atoms with E-state index in [2.05, 4.69) is 14.2 Å². The standard InChI is InChI=1S/C19H29FN3O4P/c20-18-3-1-17(2-4-18)19(21-5-11-25-12-6-21)28(24,22-7-13-26-14-8-22)23-9-15-27-16-10-23/h1-4,19H,5-16H2/t19-/m1/s1. The summed E-state index contributed by atoms with van der Waals surface area (Å²) < 4.78 is 49.5. The lowest BCUT2D eigenvalue weighted by atomic mass is 10.2. The van der Waals surface area contributed by atoms with E-state index in [0.29, 0.717) is 78.9 Å². The first kappa shape index (κ1) is 20.4. The molecule has 3 aliphatic rings. The average molecular weight is 413 g/mol. The molecule has 1 aromatic rings. The second-order valence-electron chi connectivity index (χ2n) is 7.29. The van der Waals surface area contributed by atoms with Crippen molar-refractivity contribution in [3.63, 3.8) is 0 Å². The van der Waals surface area contributed by atoms with Crippen molar-refractivity contribution < 1.29 is 23.2 Å². The van der Waals surface area contributed by atoms with Gasteiger partial charge in [0.25, 0.3) is 0 Å². The van der Waals surface area contributed by atoms with Crippen LogP contribution in [0.1, 0.15) is 11.3 Å². The van der Waals surface area contributed by atoms with Gasteiger partial charge in [-0.25, -0.2) is 13.7 Å². The molecular formula is C19H29FN3O4P. The highest BCUT2D eigenvalue weighted by Gasteiger charge is 2.48. The van der Waals surface area contributed by atoms with Gasteiger partial charge in [0.1, 0.15) is 11.6 Å². The van der Waals surface area contributed by atoms with Gasteiger partial charge in [-0.2, -0.15) is 0 Å². The Hall–Kier alpha value is -0.860. The highest BCUT2D eigenvalue weighted by Crippen LogP contribution is 2.65. The van der Waals surface area contributed by atoms with Crippen LogP contribution in [0.5, 0.6) is 0 Å². The van der Waals surface area contributed by atoms with Crippen molar-refractivity contribution in [2.75, 3.05) is 78.9 Å². The van der Waals surface area contributed by atoms with Crippen LogP contribution < -0.4 is 0 Å². The van der Waals surface area contributed by atoms with Gasteiger partial charge in [-0.3, -0.25) is 9.46 Å². The molecule has 0 bridgehead atoms. The van der Waals surface area contributed by atoms with E-state index in [9.17, 15) is 8.96 Å². The molecule has 0 amide bonds. The van der Waals surface area contributed by atoms with Crippen LogP contribution >= 0.6 is 7.44 Å². The molecular weight excluding hydrogens is 384 g/mol. The Morgan fingerprint density at radius 1 is 0.750 bits per heavy atom. The number of rotatable bonds is 5. The van der Waals surface area contributed by atoms with Crippen molar-refractivity contribution in [1.82, 2.24) is 14.2 Å². The topological polar surface area (TPSA) is 54.5 Å². The molecule has 156 valence electrons. The zero-order valence-electron chi connectivity index (χ0n) is 16.2. The number of hydrogen-bond acceptors (Lipinski definition) is 5. The number of hydrogen-bond donors (Lipinski definition) is 0. The first-order valence-corrected chi connectivity index (χ1v) is 11.7. The molecule has 7 nitrogen and oxygen atoms in total. The normalized spacial score (nSPS) is 24.9. The monoisotopic (exact) mass is 413 g/mol. The fourth-order valence-corrected chi connectivity index (χ4v) is 7.91. The SMILES string of the molecule is O=P([C@H](c1ccc(F)cc1)N1CCOCC1)(N1CCOCC1)N1CCOCC1. The lowest BCUT2D eigenvalue weighted by molar-refractivity contribution is 0.0199. The molecule has 0 N–H and O–H groups in total. The lowest BCUT2D eigenvalue weighted by Crippen LogP contribution is -2.49. The summed E-state index contributed by atoms with van der Waals surface area (Å²) in [5, 5.41) is 0. The fourth-order valence-electron chi connectivity index (χ4n) is 4.24. The maximum atomic E-state index is 15.0. The van der Waals surface area contributed by atoms with Gasteiger partial charge in [0.05, 0.1) is 39.6 Å². The van der Waals surface area contributed by atoms with Gasteiger partial charge >= 0.3 is 0 Å². The number of ether oxygens (including phenoxy) is 3. The van der Waals surface area contributed by atoms with Crippen LogP contribution in [0.25, 0.3) is 0 Å². The van der Waals surface area contributed by atoms with E-state index in [0.717, 1.165) is 5.56 Å². The third kappa shape index (κ3) is 4.19. The molecule has 3 saturated heterocycles. The molecule has 3 heterocycles. The van der Waals surface area contributed by atoms with Gasteiger partial charge < -0.3 is 14.2 Å². The summed E-state index contributed by atoms with van der Waals surface area (Å²) in [4.78, 5) is 2.25. The molecule has 1 aromatic carbocycles. The molecule has 0 spiro atoms. The van der Waals surface area contributed by atoms with Gasteiger partial charge in [-0.1, -0.05) is 12.1 Å². The van der Waals surface area contributed by atoms with Crippen molar-refractivity contribution in [3.05, 3.63) is 35.6 Å². The van der Waals surface area contributed by atoms with E-state index in [-0.39, 0.29) is 11.6 Å². The smallest absolute Gasteiger partial charge is 0.237 e. The second kappa shape index (κ2) is 9.30. The van der Waals surface area contributed by atoms with Crippen molar-refractivity contribution >= 4 is 7.44 Å². The van der Waals surface area contributed by atoms with Crippen LogP contribution in [0.4, 0.5) is 4.39 Å². The molecule has 9 heteroatoms. The zero-order valence-corrected chi connectivity index (χ0v) is 17.1. The number of benzene rings is 1. The Morgan fingerprint density at radius 2 is 1.18 bits per heavy atom. The van der Waals surface area contributed by atoms with E-state index in [1.54, 1.807) is 12.1 Å². The van der Waals surface area contributed by atoms with Gasteiger partial charge in [-0.05, 0) is 17.7 Å². The van der Waals surface area contributed by atoms with Crippen molar-refractivity contribution in [1.29, 1.82) is 0 Å². The Morgan fingerprint density at radius 3 is 1.64 bits per heavy atom. The van der Waals surface area contributed by atoms with Gasteiger partial charge in [-0.15, -0.1) is 0 Å². The highest BCUT2D eigenvalue weighted by molar-refractivity contribution is 7.59. The van der Waals surface area contributed by atoms with Crippen molar-refractivity contribution in [3.8, 4) is 0 Å². The van der Waals surface area contributed by atoms with Gasteiger partial charge in [0.15, 0.2) is 0 Å². The highest BCUT2D eigenvalue weighted by atomic mass is 31.2. The van der Waals surface area contributed by atoms with Crippen LogP contribution in [0.15, 0.2) is 24.3 Å². The molecule has 0 aliphatic carbocycles. The third-order valence-electron chi connectivity index (χ3n) is 5.66. The third-order valence-corrected chi connectivity index (χ3v) is 9.35. The van der Waals surface area contributed by atoms with E-state index in [4.69, 9.17) is 14.2 Å². The first-order chi connectivity index (χ1) is 13.7. The quantitative estimate of drug-likeness (QED) is 0.685.